The van der Waals surface area contributed by atoms with Crippen LogP contribution >= 0.6 is 0 Å². The predicted molar refractivity (Wildman–Crippen MR) is 105 cm³/mol. The van der Waals surface area contributed by atoms with E-state index >= 15 is 0 Å². The maximum absolute atomic E-state index is 12.7. The van der Waals surface area contributed by atoms with Crippen LogP contribution in [-0.4, -0.2) is 43.6 Å². The Labute approximate surface area is 163 Å². The Morgan fingerprint density at radius 2 is 1.79 bits per heavy atom. The number of methoxy groups -OCH3 is 2. The average molecular weight is 381 g/mol. The lowest BCUT2D eigenvalue weighted by atomic mass is 10.1. The highest BCUT2D eigenvalue weighted by molar-refractivity contribution is 5.97. The van der Waals surface area contributed by atoms with Crippen LogP contribution in [0.15, 0.2) is 42.5 Å². The predicted octanol–water partition coefficient (Wildman–Crippen LogP) is 2.53. The fraction of sp³-hybridized carbons (Fsp3) is 0.333. The van der Waals surface area contributed by atoms with Gasteiger partial charge >= 0.3 is 6.03 Å². The summed E-state index contributed by atoms with van der Waals surface area (Å²) in [5.41, 5.74) is 2.99. The molecule has 3 amide bonds. The lowest BCUT2D eigenvalue weighted by Gasteiger charge is -2.21. The first-order chi connectivity index (χ1) is 13.6. The maximum Gasteiger partial charge on any atom is 0.318 e. The number of rotatable bonds is 4. The van der Waals surface area contributed by atoms with Crippen LogP contribution < -0.4 is 19.7 Å². The first-order valence-electron chi connectivity index (χ1n) is 9.23. The second-order valence-electron chi connectivity index (χ2n) is 7.05. The molecule has 0 aliphatic carbocycles. The molecule has 1 saturated heterocycles. The van der Waals surface area contributed by atoms with Gasteiger partial charge in [0.15, 0.2) is 0 Å². The Balaban J connectivity index is 1.38. The molecule has 0 aromatic heterocycles. The summed E-state index contributed by atoms with van der Waals surface area (Å²) in [4.78, 5) is 28.6. The minimum Gasteiger partial charge on any atom is -0.497 e. The molecule has 0 bridgehead atoms. The first kappa shape index (κ1) is 18.2. The molecule has 0 saturated carbocycles. The third-order valence-electron chi connectivity index (χ3n) is 5.24. The molecule has 7 nitrogen and oxygen atoms in total. The first-order valence-corrected chi connectivity index (χ1v) is 9.23. The molecule has 146 valence electrons. The Kier molecular flexibility index (Phi) is 4.81. The molecule has 4 rings (SSSR count). The molecule has 1 unspecified atom stereocenters. The van der Waals surface area contributed by atoms with Crippen molar-refractivity contribution in [3.8, 4) is 11.5 Å². The number of ether oxygens (including phenoxy) is 2. The van der Waals surface area contributed by atoms with Gasteiger partial charge in [-0.25, -0.2) is 4.79 Å². The Morgan fingerprint density at radius 1 is 1.04 bits per heavy atom. The van der Waals surface area contributed by atoms with E-state index in [0.717, 1.165) is 22.6 Å². The number of hydrogen-bond acceptors (Lipinski definition) is 4. The van der Waals surface area contributed by atoms with E-state index in [1.165, 1.54) is 0 Å². The SMILES string of the molecule is COc1cccc(N2CC(NC(=O)N3Cc4ccc(OC)cc4C3)CC2=O)c1. The number of anilines is 1. The number of nitrogens with zero attached hydrogens (tertiary/aromatic N) is 2. The van der Waals surface area contributed by atoms with E-state index in [-0.39, 0.29) is 24.4 Å². The van der Waals surface area contributed by atoms with Crippen LogP contribution in [0, 0.1) is 0 Å². The quantitative estimate of drug-likeness (QED) is 0.884. The van der Waals surface area contributed by atoms with Crippen LogP contribution in [0.1, 0.15) is 17.5 Å². The summed E-state index contributed by atoms with van der Waals surface area (Å²) < 4.78 is 10.5. The van der Waals surface area contributed by atoms with Crippen LogP contribution in [0.5, 0.6) is 11.5 Å². The zero-order chi connectivity index (χ0) is 19.7. The summed E-state index contributed by atoms with van der Waals surface area (Å²) in [6.07, 6.45) is 0.289. The van der Waals surface area contributed by atoms with Gasteiger partial charge in [0.25, 0.3) is 0 Å². The average Bonchev–Trinajstić information content (AvgIpc) is 3.30. The van der Waals surface area contributed by atoms with Crippen LogP contribution in [0.4, 0.5) is 10.5 Å². The summed E-state index contributed by atoms with van der Waals surface area (Å²) in [5, 5.41) is 3.00. The highest BCUT2D eigenvalue weighted by atomic mass is 16.5. The monoisotopic (exact) mass is 381 g/mol. The Hall–Kier alpha value is -3.22. The minimum atomic E-state index is -0.218. The number of hydrogen-bond donors (Lipinski definition) is 1. The van der Waals surface area contributed by atoms with Crippen molar-refractivity contribution >= 4 is 17.6 Å². The minimum absolute atomic E-state index is 0.00648. The van der Waals surface area contributed by atoms with Crippen molar-refractivity contribution in [2.24, 2.45) is 0 Å². The molecule has 0 spiro atoms. The number of urea groups is 1. The smallest absolute Gasteiger partial charge is 0.318 e. The van der Waals surface area contributed by atoms with Gasteiger partial charge in [-0.1, -0.05) is 12.1 Å². The van der Waals surface area contributed by atoms with E-state index in [2.05, 4.69) is 5.32 Å². The standard InChI is InChI=1S/C21H23N3O4/c1-27-18-5-3-4-17(10-18)24-13-16(9-20(24)25)22-21(26)23-11-14-6-7-19(28-2)8-15(14)12-23/h3-8,10,16H,9,11-13H2,1-2H3,(H,22,26). The molecule has 7 heteroatoms. The highest BCUT2D eigenvalue weighted by Gasteiger charge is 2.33. The number of nitrogens with one attached hydrogen (secondary N) is 1. The van der Waals surface area contributed by atoms with E-state index in [1.807, 2.05) is 42.5 Å². The van der Waals surface area contributed by atoms with Gasteiger partial charge in [-0.3, -0.25) is 4.79 Å². The van der Waals surface area contributed by atoms with Crippen LogP contribution in [0.2, 0.25) is 0 Å². The molecule has 28 heavy (non-hydrogen) atoms. The van der Waals surface area contributed by atoms with Gasteiger partial charge in [0.05, 0.1) is 20.3 Å². The number of carbonyl (C=O) groups is 2. The molecule has 0 radical (unpaired) electrons. The molecular formula is C21H23N3O4. The van der Waals surface area contributed by atoms with Crippen LogP contribution in [0.25, 0.3) is 0 Å². The van der Waals surface area contributed by atoms with E-state index in [1.54, 1.807) is 24.0 Å². The van der Waals surface area contributed by atoms with Gasteiger partial charge in [0.2, 0.25) is 5.91 Å². The summed E-state index contributed by atoms with van der Waals surface area (Å²) in [6, 6.07) is 12.9. The molecule has 2 aliphatic rings. The van der Waals surface area contributed by atoms with Gasteiger partial charge in [-0.2, -0.15) is 0 Å². The van der Waals surface area contributed by atoms with Crippen molar-refractivity contribution in [2.75, 3.05) is 25.7 Å². The number of fused-ring (bicyclic) bond motifs is 1. The molecule has 1 fully saturated rings. The third-order valence-corrected chi connectivity index (χ3v) is 5.24. The van der Waals surface area contributed by atoms with Crippen LogP contribution in [0.3, 0.4) is 0 Å². The molecule has 1 N–H and O–H groups in total. The highest BCUT2D eigenvalue weighted by Crippen LogP contribution is 2.28. The van der Waals surface area contributed by atoms with Gasteiger partial charge in [-0.15, -0.1) is 0 Å². The summed E-state index contributed by atoms with van der Waals surface area (Å²) in [6.45, 7) is 1.55. The Morgan fingerprint density at radius 3 is 2.57 bits per heavy atom. The number of carbonyl (C=O) groups excluding carboxylic acids is 2. The van der Waals surface area contributed by atoms with Gasteiger partial charge in [0, 0.05) is 37.8 Å². The van der Waals surface area contributed by atoms with Gasteiger partial charge in [-0.05, 0) is 35.4 Å². The molecule has 1 atom stereocenters. The van der Waals surface area contributed by atoms with Crippen molar-refractivity contribution in [3.05, 3.63) is 53.6 Å². The van der Waals surface area contributed by atoms with E-state index < -0.39 is 0 Å². The largest absolute Gasteiger partial charge is 0.497 e. The zero-order valence-corrected chi connectivity index (χ0v) is 16.0. The third kappa shape index (κ3) is 3.47. The fourth-order valence-electron chi connectivity index (χ4n) is 3.74. The number of amides is 3. The summed E-state index contributed by atoms with van der Waals surface area (Å²) >= 11 is 0. The molecule has 2 aliphatic heterocycles. The van der Waals surface area contributed by atoms with Gasteiger partial charge in [0.1, 0.15) is 11.5 Å². The van der Waals surface area contributed by atoms with E-state index in [9.17, 15) is 9.59 Å². The number of benzene rings is 2. The summed E-state index contributed by atoms with van der Waals surface area (Å²) in [5.74, 6) is 1.48. The maximum atomic E-state index is 12.7. The van der Waals surface area contributed by atoms with Crippen LogP contribution in [-0.2, 0) is 17.9 Å². The van der Waals surface area contributed by atoms with Crippen molar-refractivity contribution < 1.29 is 19.1 Å². The van der Waals surface area contributed by atoms with Crippen molar-refractivity contribution in [3.63, 3.8) is 0 Å². The van der Waals surface area contributed by atoms with Crippen molar-refractivity contribution in [1.82, 2.24) is 10.2 Å². The second kappa shape index (κ2) is 7.42. The van der Waals surface area contributed by atoms with Gasteiger partial charge < -0.3 is 24.6 Å². The lowest BCUT2D eigenvalue weighted by molar-refractivity contribution is -0.117. The van der Waals surface area contributed by atoms with E-state index in [4.69, 9.17) is 9.47 Å². The molecule has 2 heterocycles. The van der Waals surface area contributed by atoms with Crippen molar-refractivity contribution in [2.45, 2.75) is 25.6 Å². The molecular weight excluding hydrogens is 358 g/mol. The fourth-order valence-corrected chi connectivity index (χ4v) is 3.74. The molecule has 2 aromatic rings. The van der Waals surface area contributed by atoms with Crippen molar-refractivity contribution in [1.29, 1.82) is 0 Å². The lowest BCUT2D eigenvalue weighted by Crippen LogP contribution is -2.43. The molecule has 2 aromatic carbocycles. The Bertz CT molecular complexity index is 914. The summed E-state index contributed by atoms with van der Waals surface area (Å²) in [7, 11) is 3.23. The normalized spacial score (nSPS) is 18.2. The topological polar surface area (TPSA) is 71.1 Å². The zero-order valence-electron chi connectivity index (χ0n) is 16.0. The second-order valence-corrected chi connectivity index (χ2v) is 7.05. The van der Waals surface area contributed by atoms with E-state index in [0.29, 0.717) is 25.4 Å².